The van der Waals surface area contributed by atoms with Gasteiger partial charge in [0.2, 0.25) is 5.91 Å². The molecule has 0 aromatic heterocycles. The van der Waals surface area contributed by atoms with Crippen LogP contribution in [0.1, 0.15) is 12.8 Å². The predicted octanol–water partition coefficient (Wildman–Crippen LogP) is 0.585. The Morgan fingerprint density at radius 1 is 1.22 bits per heavy atom. The van der Waals surface area contributed by atoms with Crippen molar-refractivity contribution in [3.63, 3.8) is 0 Å². The fourth-order valence-electron chi connectivity index (χ4n) is 4.16. The Hall–Kier alpha value is -2.16. The Kier molecular flexibility index (Phi) is 6.65. The average molecular weight is 378 g/mol. The monoisotopic (exact) mass is 378 g/mol. The van der Waals surface area contributed by atoms with Crippen molar-refractivity contribution in [1.29, 1.82) is 0 Å². The topological polar surface area (TPSA) is 99.5 Å². The Morgan fingerprint density at radius 2 is 2.00 bits per heavy atom. The molecule has 1 amide bonds. The van der Waals surface area contributed by atoms with Crippen LogP contribution in [0.4, 0.5) is 5.69 Å². The summed E-state index contributed by atoms with van der Waals surface area (Å²) in [5, 5.41) is 16.3. The maximum Gasteiger partial charge on any atom is 0.290 e. The predicted molar refractivity (Wildman–Crippen MR) is 97.9 cm³/mol. The minimum atomic E-state index is -0.250. The zero-order valence-electron chi connectivity index (χ0n) is 15.2. The molecule has 148 valence electrons. The van der Waals surface area contributed by atoms with Crippen molar-refractivity contribution in [3.05, 3.63) is 24.3 Å². The van der Waals surface area contributed by atoms with Crippen molar-refractivity contribution in [2.75, 3.05) is 44.4 Å². The van der Waals surface area contributed by atoms with E-state index in [9.17, 15) is 9.90 Å². The lowest BCUT2D eigenvalue weighted by molar-refractivity contribution is -0.124. The quantitative estimate of drug-likeness (QED) is 0.743. The highest BCUT2D eigenvalue weighted by Crippen LogP contribution is 2.35. The molecule has 8 heteroatoms. The number of ether oxygens (including phenoxy) is 2. The van der Waals surface area contributed by atoms with E-state index in [0.717, 1.165) is 30.8 Å². The maximum absolute atomic E-state index is 12.9. The van der Waals surface area contributed by atoms with E-state index in [0.29, 0.717) is 32.2 Å². The smallest absolute Gasteiger partial charge is 0.290 e. The second kappa shape index (κ2) is 9.16. The molecule has 27 heavy (non-hydrogen) atoms. The number of anilines is 1. The molecule has 0 radical (unpaired) electrons. The van der Waals surface area contributed by atoms with E-state index in [1.165, 1.54) is 0 Å². The van der Waals surface area contributed by atoms with Gasteiger partial charge in [0.25, 0.3) is 6.47 Å². The Morgan fingerprint density at radius 3 is 2.78 bits per heavy atom. The lowest BCUT2D eigenvalue weighted by atomic mass is 10.1. The summed E-state index contributed by atoms with van der Waals surface area (Å²) in [6.45, 7) is 2.91. The number of benzene rings is 1. The largest absolute Gasteiger partial charge is 0.490 e. The van der Waals surface area contributed by atoms with Gasteiger partial charge in [-0.05, 0) is 30.9 Å². The number of fused-ring (bicyclic) bond motifs is 2. The van der Waals surface area contributed by atoms with E-state index < -0.39 is 0 Å². The summed E-state index contributed by atoms with van der Waals surface area (Å²) in [6.07, 6.45) is 1.96. The number of hydrogen-bond donors (Lipinski definition) is 2. The third-order valence-corrected chi connectivity index (χ3v) is 5.38. The lowest BCUT2D eigenvalue weighted by Crippen LogP contribution is -2.53. The number of carboxylic acid groups (broad SMARTS) is 1. The van der Waals surface area contributed by atoms with Crippen molar-refractivity contribution in [2.45, 2.75) is 25.0 Å². The van der Waals surface area contributed by atoms with Crippen LogP contribution in [0, 0.1) is 5.92 Å². The Bertz CT molecular complexity index is 655. The summed E-state index contributed by atoms with van der Waals surface area (Å²) in [4.78, 5) is 25.3. The van der Waals surface area contributed by atoms with Crippen LogP contribution in [0.25, 0.3) is 0 Å². The third-order valence-electron chi connectivity index (χ3n) is 5.38. The normalized spacial score (nSPS) is 26.9. The van der Waals surface area contributed by atoms with Crippen LogP contribution in [0.2, 0.25) is 0 Å². The summed E-state index contributed by atoms with van der Waals surface area (Å²) < 4.78 is 11.5. The zero-order valence-corrected chi connectivity index (χ0v) is 15.2. The standard InChI is InChI=1S/C18H24N2O4.CH2O2/c21-12-13-9-15-17(10-13)24-7-5-19(15)11-18(22)20-6-8-23-16-4-2-1-3-14(16)20;2-1-3/h1-4,13,15,17,21H,5-12H2;1H,(H,2,3)/t13-,15+,17?;/m1./s1. The number of hydrogen-bond acceptors (Lipinski definition) is 6. The van der Waals surface area contributed by atoms with Crippen LogP contribution < -0.4 is 9.64 Å². The van der Waals surface area contributed by atoms with Gasteiger partial charge in [-0.2, -0.15) is 0 Å². The molecule has 2 fully saturated rings. The summed E-state index contributed by atoms with van der Waals surface area (Å²) in [7, 11) is 0. The summed E-state index contributed by atoms with van der Waals surface area (Å²) in [5.74, 6) is 1.18. The van der Waals surface area contributed by atoms with Crippen LogP contribution in [0.5, 0.6) is 5.75 Å². The fraction of sp³-hybridized carbons (Fsp3) is 0.579. The molecule has 3 aliphatic rings. The Labute approximate surface area is 158 Å². The first-order valence-electron chi connectivity index (χ1n) is 9.24. The third kappa shape index (κ3) is 4.40. The Balaban J connectivity index is 0.000000659. The number of rotatable bonds is 3. The molecule has 0 spiro atoms. The highest BCUT2D eigenvalue weighted by Gasteiger charge is 2.41. The molecular weight excluding hydrogens is 352 g/mol. The van der Waals surface area contributed by atoms with Gasteiger partial charge in [-0.25, -0.2) is 0 Å². The lowest BCUT2D eigenvalue weighted by Gasteiger charge is -2.38. The molecule has 2 aliphatic heterocycles. The van der Waals surface area contributed by atoms with Crippen LogP contribution in [-0.2, 0) is 14.3 Å². The van der Waals surface area contributed by atoms with E-state index in [4.69, 9.17) is 19.4 Å². The van der Waals surface area contributed by atoms with Crippen molar-refractivity contribution < 1.29 is 29.3 Å². The first kappa shape index (κ1) is 19.6. The van der Waals surface area contributed by atoms with Gasteiger partial charge < -0.3 is 24.6 Å². The molecular formula is C19H26N2O6. The number of para-hydroxylation sites is 2. The van der Waals surface area contributed by atoms with Crippen molar-refractivity contribution in [1.82, 2.24) is 4.90 Å². The number of amides is 1. The van der Waals surface area contributed by atoms with Crippen molar-refractivity contribution in [2.24, 2.45) is 5.92 Å². The van der Waals surface area contributed by atoms with E-state index in [1.54, 1.807) is 0 Å². The molecule has 3 atom stereocenters. The molecule has 1 aromatic rings. The molecule has 8 nitrogen and oxygen atoms in total. The summed E-state index contributed by atoms with van der Waals surface area (Å²) in [5.41, 5.74) is 0.859. The van der Waals surface area contributed by atoms with Crippen molar-refractivity contribution in [3.8, 4) is 5.75 Å². The maximum atomic E-state index is 12.9. The second-order valence-electron chi connectivity index (χ2n) is 6.93. The van der Waals surface area contributed by atoms with Gasteiger partial charge in [0.15, 0.2) is 0 Å². The first-order valence-corrected chi connectivity index (χ1v) is 9.24. The second-order valence-corrected chi connectivity index (χ2v) is 6.93. The molecule has 1 aromatic carbocycles. The number of aliphatic hydroxyl groups excluding tert-OH is 1. The average Bonchev–Trinajstić information content (AvgIpc) is 3.12. The van der Waals surface area contributed by atoms with Crippen LogP contribution in [0.3, 0.4) is 0 Å². The zero-order chi connectivity index (χ0) is 19.2. The molecule has 1 saturated carbocycles. The fourth-order valence-corrected chi connectivity index (χ4v) is 4.16. The number of carbonyl (C=O) groups is 2. The molecule has 1 saturated heterocycles. The number of aliphatic hydroxyl groups is 1. The van der Waals surface area contributed by atoms with Gasteiger partial charge in [0.1, 0.15) is 12.4 Å². The number of carbonyl (C=O) groups excluding carboxylic acids is 1. The van der Waals surface area contributed by atoms with E-state index >= 15 is 0 Å². The van der Waals surface area contributed by atoms with Gasteiger partial charge in [-0.15, -0.1) is 0 Å². The molecule has 4 rings (SSSR count). The van der Waals surface area contributed by atoms with E-state index in [-0.39, 0.29) is 31.1 Å². The summed E-state index contributed by atoms with van der Waals surface area (Å²) >= 11 is 0. The number of nitrogens with zero attached hydrogens (tertiary/aromatic N) is 2. The van der Waals surface area contributed by atoms with Crippen LogP contribution in [-0.4, -0.2) is 79.1 Å². The minimum absolute atomic E-state index is 0.110. The van der Waals surface area contributed by atoms with Crippen LogP contribution in [0.15, 0.2) is 24.3 Å². The summed E-state index contributed by atoms with van der Waals surface area (Å²) in [6, 6.07) is 7.94. The van der Waals surface area contributed by atoms with Crippen molar-refractivity contribution >= 4 is 18.1 Å². The first-order chi connectivity index (χ1) is 13.2. The van der Waals surface area contributed by atoms with Gasteiger partial charge >= 0.3 is 0 Å². The molecule has 2 N–H and O–H groups in total. The van der Waals surface area contributed by atoms with Crippen LogP contribution >= 0.6 is 0 Å². The van der Waals surface area contributed by atoms with Gasteiger partial charge in [-0.3, -0.25) is 14.5 Å². The van der Waals surface area contributed by atoms with Gasteiger partial charge in [0, 0.05) is 19.2 Å². The van der Waals surface area contributed by atoms with Gasteiger partial charge in [0.05, 0.1) is 31.5 Å². The SMILES string of the molecule is O=C(CN1CCOC2C[C@H](CO)C[C@@H]21)N1CCOc2ccccc21.O=CO. The number of morpholine rings is 1. The van der Waals surface area contributed by atoms with E-state index in [2.05, 4.69) is 4.90 Å². The minimum Gasteiger partial charge on any atom is -0.490 e. The molecule has 1 unspecified atom stereocenters. The molecule has 2 heterocycles. The highest BCUT2D eigenvalue weighted by molar-refractivity contribution is 5.96. The highest BCUT2D eigenvalue weighted by atomic mass is 16.5. The van der Waals surface area contributed by atoms with E-state index in [1.807, 2.05) is 29.2 Å². The van der Waals surface area contributed by atoms with Gasteiger partial charge in [-0.1, -0.05) is 12.1 Å². The molecule has 1 aliphatic carbocycles. The molecule has 0 bridgehead atoms.